The highest BCUT2D eigenvalue weighted by Gasteiger charge is 2.14. The fourth-order valence-corrected chi connectivity index (χ4v) is 1.94. The van der Waals surface area contributed by atoms with Crippen molar-refractivity contribution in [3.05, 3.63) is 65.0 Å². The Morgan fingerprint density at radius 3 is 2.50 bits per heavy atom. The van der Waals surface area contributed by atoms with E-state index in [-0.39, 0.29) is 23.2 Å². The van der Waals surface area contributed by atoms with E-state index in [0.29, 0.717) is 5.56 Å². The SMILES string of the molecule is Cc1c(N)cc(C(=O)NC(C)c2ccccc2)cc1F. The first-order chi connectivity index (χ1) is 9.49. The number of nitrogens with one attached hydrogen (secondary N) is 1. The molecule has 0 radical (unpaired) electrons. The number of carbonyl (C=O) groups excluding carboxylic acids is 1. The van der Waals surface area contributed by atoms with E-state index in [2.05, 4.69) is 5.32 Å². The Labute approximate surface area is 117 Å². The molecule has 0 heterocycles. The fraction of sp³-hybridized carbons (Fsp3) is 0.188. The number of carbonyl (C=O) groups is 1. The quantitative estimate of drug-likeness (QED) is 0.843. The lowest BCUT2D eigenvalue weighted by atomic mass is 10.1. The van der Waals surface area contributed by atoms with Gasteiger partial charge >= 0.3 is 0 Å². The van der Waals surface area contributed by atoms with E-state index in [1.807, 2.05) is 37.3 Å². The Morgan fingerprint density at radius 1 is 1.25 bits per heavy atom. The van der Waals surface area contributed by atoms with Crippen LogP contribution in [0.3, 0.4) is 0 Å². The Kier molecular flexibility index (Phi) is 4.03. The average molecular weight is 272 g/mol. The summed E-state index contributed by atoms with van der Waals surface area (Å²) in [5.41, 5.74) is 7.54. The summed E-state index contributed by atoms with van der Waals surface area (Å²) in [4.78, 5) is 12.1. The van der Waals surface area contributed by atoms with Crippen LogP contribution in [0, 0.1) is 12.7 Å². The third-order valence-corrected chi connectivity index (χ3v) is 3.29. The van der Waals surface area contributed by atoms with Crippen molar-refractivity contribution in [3.63, 3.8) is 0 Å². The van der Waals surface area contributed by atoms with Gasteiger partial charge in [-0.05, 0) is 31.5 Å². The largest absolute Gasteiger partial charge is 0.398 e. The summed E-state index contributed by atoms with van der Waals surface area (Å²) in [6.45, 7) is 3.46. The Hall–Kier alpha value is -2.36. The van der Waals surface area contributed by atoms with Gasteiger partial charge in [-0.3, -0.25) is 4.79 Å². The minimum Gasteiger partial charge on any atom is -0.398 e. The molecular formula is C16H17FN2O. The molecule has 1 atom stereocenters. The van der Waals surface area contributed by atoms with E-state index >= 15 is 0 Å². The van der Waals surface area contributed by atoms with Crippen molar-refractivity contribution in [1.29, 1.82) is 0 Å². The van der Waals surface area contributed by atoms with Crippen LogP contribution in [0.5, 0.6) is 0 Å². The number of nitrogen functional groups attached to an aromatic ring is 1. The van der Waals surface area contributed by atoms with E-state index in [0.717, 1.165) is 5.56 Å². The molecule has 0 spiro atoms. The topological polar surface area (TPSA) is 55.1 Å². The molecule has 0 saturated heterocycles. The van der Waals surface area contributed by atoms with Gasteiger partial charge in [0.15, 0.2) is 0 Å². The fourth-order valence-electron chi connectivity index (χ4n) is 1.94. The highest BCUT2D eigenvalue weighted by Crippen LogP contribution is 2.19. The van der Waals surface area contributed by atoms with Crippen molar-refractivity contribution < 1.29 is 9.18 Å². The van der Waals surface area contributed by atoms with Crippen LogP contribution < -0.4 is 11.1 Å². The lowest BCUT2D eigenvalue weighted by molar-refractivity contribution is 0.0939. The number of anilines is 1. The summed E-state index contributed by atoms with van der Waals surface area (Å²) in [7, 11) is 0. The van der Waals surface area contributed by atoms with Gasteiger partial charge in [0, 0.05) is 16.8 Å². The summed E-state index contributed by atoms with van der Waals surface area (Å²) in [5.74, 6) is -0.811. The molecule has 3 N–H and O–H groups in total. The summed E-state index contributed by atoms with van der Waals surface area (Å²) in [6.07, 6.45) is 0. The maximum atomic E-state index is 13.6. The normalized spacial score (nSPS) is 11.9. The van der Waals surface area contributed by atoms with Gasteiger partial charge in [-0.1, -0.05) is 30.3 Å². The molecule has 1 unspecified atom stereocenters. The Bertz CT molecular complexity index is 603. The molecule has 0 aliphatic rings. The molecule has 0 aromatic heterocycles. The van der Waals surface area contributed by atoms with Crippen LogP contribution in [0.15, 0.2) is 42.5 Å². The van der Waals surface area contributed by atoms with Crippen molar-refractivity contribution in [2.75, 3.05) is 5.73 Å². The number of hydrogen-bond donors (Lipinski definition) is 2. The first-order valence-electron chi connectivity index (χ1n) is 6.40. The zero-order valence-electron chi connectivity index (χ0n) is 11.5. The standard InChI is InChI=1S/C16H17FN2O/c1-10-14(17)8-13(9-15(10)18)16(20)19-11(2)12-6-4-3-5-7-12/h3-9,11H,18H2,1-2H3,(H,19,20). The predicted octanol–water partition coefficient (Wildman–Crippen LogP) is 3.21. The summed E-state index contributed by atoms with van der Waals surface area (Å²) >= 11 is 0. The van der Waals surface area contributed by atoms with Gasteiger partial charge < -0.3 is 11.1 Å². The summed E-state index contributed by atoms with van der Waals surface area (Å²) < 4.78 is 13.6. The van der Waals surface area contributed by atoms with Gasteiger partial charge in [-0.15, -0.1) is 0 Å². The molecule has 2 aromatic carbocycles. The van der Waals surface area contributed by atoms with Crippen LogP contribution >= 0.6 is 0 Å². The van der Waals surface area contributed by atoms with Crippen molar-refractivity contribution in [2.45, 2.75) is 19.9 Å². The van der Waals surface area contributed by atoms with Crippen molar-refractivity contribution >= 4 is 11.6 Å². The number of rotatable bonds is 3. The molecule has 2 aromatic rings. The van der Waals surface area contributed by atoms with Gasteiger partial charge in [0.2, 0.25) is 0 Å². The number of halogens is 1. The van der Waals surface area contributed by atoms with Gasteiger partial charge in [-0.25, -0.2) is 4.39 Å². The maximum absolute atomic E-state index is 13.6. The van der Waals surface area contributed by atoms with Crippen LogP contribution in [-0.4, -0.2) is 5.91 Å². The van der Waals surface area contributed by atoms with Gasteiger partial charge in [0.25, 0.3) is 5.91 Å². The van der Waals surface area contributed by atoms with Crippen LogP contribution in [0.2, 0.25) is 0 Å². The van der Waals surface area contributed by atoms with E-state index in [1.54, 1.807) is 6.92 Å². The molecule has 1 amide bonds. The first kappa shape index (κ1) is 14.1. The second-order valence-corrected chi connectivity index (χ2v) is 4.78. The minimum atomic E-state index is -0.470. The van der Waals surface area contributed by atoms with E-state index in [4.69, 9.17) is 5.73 Å². The summed E-state index contributed by atoms with van der Waals surface area (Å²) in [5, 5.41) is 2.83. The molecule has 3 nitrogen and oxygen atoms in total. The minimum absolute atomic E-state index is 0.158. The number of amides is 1. The number of hydrogen-bond acceptors (Lipinski definition) is 2. The molecule has 4 heteroatoms. The van der Waals surface area contributed by atoms with Gasteiger partial charge in [0.1, 0.15) is 5.82 Å². The van der Waals surface area contributed by atoms with Gasteiger partial charge in [-0.2, -0.15) is 0 Å². The highest BCUT2D eigenvalue weighted by atomic mass is 19.1. The third-order valence-electron chi connectivity index (χ3n) is 3.29. The van der Waals surface area contributed by atoms with E-state index in [1.165, 1.54) is 12.1 Å². The second kappa shape index (κ2) is 5.74. The molecule has 0 fully saturated rings. The lowest BCUT2D eigenvalue weighted by Crippen LogP contribution is -2.26. The van der Waals surface area contributed by atoms with Crippen LogP contribution in [0.4, 0.5) is 10.1 Å². The zero-order chi connectivity index (χ0) is 14.7. The smallest absolute Gasteiger partial charge is 0.251 e. The van der Waals surface area contributed by atoms with Gasteiger partial charge in [0.05, 0.1) is 6.04 Å². The monoisotopic (exact) mass is 272 g/mol. The van der Waals surface area contributed by atoms with Crippen LogP contribution in [0.1, 0.15) is 34.5 Å². The lowest BCUT2D eigenvalue weighted by Gasteiger charge is -2.15. The van der Waals surface area contributed by atoms with E-state index < -0.39 is 5.82 Å². The number of benzene rings is 2. The third kappa shape index (κ3) is 2.96. The van der Waals surface area contributed by atoms with Crippen molar-refractivity contribution in [3.8, 4) is 0 Å². The Morgan fingerprint density at radius 2 is 1.90 bits per heavy atom. The molecule has 20 heavy (non-hydrogen) atoms. The van der Waals surface area contributed by atoms with Crippen LogP contribution in [-0.2, 0) is 0 Å². The molecule has 0 aliphatic carbocycles. The molecule has 0 bridgehead atoms. The van der Waals surface area contributed by atoms with E-state index in [9.17, 15) is 9.18 Å². The van der Waals surface area contributed by atoms with Crippen molar-refractivity contribution in [1.82, 2.24) is 5.32 Å². The maximum Gasteiger partial charge on any atom is 0.251 e. The Balaban J connectivity index is 2.17. The highest BCUT2D eigenvalue weighted by molar-refractivity contribution is 5.95. The van der Waals surface area contributed by atoms with Crippen molar-refractivity contribution in [2.24, 2.45) is 0 Å². The second-order valence-electron chi connectivity index (χ2n) is 4.78. The first-order valence-corrected chi connectivity index (χ1v) is 6.40. The molecule has 0 aliphatic heterocycles. The molecular weight excluding hydrogens is 255 g/mol. The average Bonchev–Trinajstić information content (AvgIpc) is 2.45. The van der Waals surface area contributed by atoms with Crippen LogP contribution in [0.25, 0.3) is 0 Å². The number of nitrogens with two attached hydrogens (primary N) is 1. The summed E-state index contributed by atoms with van der Waals surface area (Å²) in [6, 6.07) is 12.1. The molecule has 104 valence electrons. The molecule has 0 saturated carbocycles. The molecule has 2 rings (SSSR count). The zero-order valence-corrected chi connectivity index (χ0v) is 11.5. The predicted molar refractivity (Wildman–Crippen MR) is 77.9 cm³/mol.